The predicted molar refractivity (Wildman–Crippen MR) is 76.5 cm³/mol. The number of nitrogens with zero attached hydrogens (tertiary/aromatic N) is 5. The smallest absolute Gasteiger partial charge is 0.248 e. The molecule has 1 amide bonds. The van der Waals surface area contributed by atoms with Gasteiger partial charge in [-0.2, -0.15) is 0 Å². The Kier molecular flexibility index (Phi) is 3.21. The Morgan fingerprint density at radius 2 is 2.20 bits per heavy atom. The number of aromatic nitrogens is 4. The lowest BCUT2D eigenvalue weighted by Crippen LogP contribution is -2.45. The van der Waals surface area contributed by atoms with Gasteiger partial charge in [0.05, 0.1) is 5.69 Å². The Labute approximate surface area is 121 Å². The van der Waals surface area contributed by atoms with Crippen molar-refractivity contribution >= 4 is 23.4 Å². The maximum atomic E-state index is 12.5. The minimum atomic E-state index is -0.00930. The number of fused-ring (bicyclic) bond motifs is 1. The minimum Gasteiger partial charge on any atom is -0.308 e. The minimum absolute atomic E-state index is 0.00174. The first-order valence-electron chi connectivity index (χ1n) is 6.34. The molecule has 1 aromatic carbocycles. The maximum absolute atomic E-state index is 12.5. The lowest BCUT2D eigenvalue weighted by atomic mass is 10.1. The van der Waals surface area contributed by atoms with Gasteiger partial charge in [-0.05, 0) is 36.4 Å². The molecule has 104 valence electrons. The van der Waals surface area contributed by atoms with Crippen molar-refractivity contribution in [1.82, 2.24) is 20.2 Å². The largest absolute Gasteiger partial charge is 0.308 e. The second kappa shape index (κ2) is 4.90. The lowest BCUT2D eigenvalue weighted by molar-refractivity contribution is -0.119. The molecule has 3 rings (SSSR count). The summed E-state index contributed by atoms with van der Waals surface area (Å²) in [6, 6.07) is 7.99. The number of hydrogen-bond acceptors (Lipinski definition) is 5. The van der Waals surface area contributed by atoms with E-state index >= 15 is 0 Å². The van der Waals surface area contributed by atoms with Gasteiger partial charge >= 0.3 is 0 Å². The summed E-state index contributed by atoms with van der Waals surface area (Å²) in [6.07, 6.45) is 1.45. The maximum Gasteiger partial charge on any atom is 0.248 e. The third-order valence-electron chi connectivity index (χ3n) is 3.07. The zero-order valence-electron chi connectivity index (χ0n) is 11.4. The van der Waals surface area contributed by atoms with Gasteiger partial charge in [0.25, 0.3) is 0 Å². The molecule has 0 aliphatic carbocycles. The number of benzene rings is 1. The summed E-state index contributed by atoms with van der Waals surface area (Å²) in [5.41, 5.74) is 0.967. The molecule has 0 unspecified atom stereocenters. The van der Waals surface area contributed by atoms with E-state index in [1.807, 2.05) is 23.1 Å². The molecule has 2 aromatic rings. The van der Waals surface area contributed by atoms with Crippen LogP contribution < -0.4 is 4.90 Å². The molecular weight excluding hydrogens is 274 g/mol. The Morgan fingerprint density at radius 3 is 2.95 bits per heavy atom. The molecule has 1 aromatic heterocycles. The Morgan fingerprint density at radius 1 is 1.40 bits per heavy atom. The number of tetrazole rings is 1. The van der Waals surface area contributed by atoms with Gasteiger partial charge in [-0.25, -0.2) is 4.68 Å². The van der Waals surface area contributed by atoms with Crippen molar-refractivity contribution in [2.75, 3.05) is 11.4 Å². The third kappa shape index (κ3) is 2.53. The number of para-hydroxylation sites is 1. The van der Waals surface area contributed by atoms with Crippen molar-refractivity contribution in [3.05, 3.63) is 30.6 Å². The molecule has 2 heterocycles. The SMILES string of the molecule is CC1(C)CN(C(=O)Cn2cnnn2)c2ccccc2S1. The highest BCUT2D eigenvalue weighted by molar-refractivity contribution is 8.00. The molecule has 20 heavy (non-hydrogen) atoms. The summed E-state index contributed by atoms with van der Waals surface area (Å²) in [4.78, 5) is 15.5. The normalized spacial score (nSPS) is 16.8. The molecule has 7 heteroatoms. The van der Waals surface area contributed by atoms with Crippen molar-refractivity contribution in [2.24, 2.45) is 0 Å². The first-order chi connectivity index (χ1) is 9.55. The quantitative estimate of drug-likeness (QED) is 0.840. The molecule has 1 aliphatic rings. The summed E-state index contributed by atoms with van der Waals surface area (Å²) in [5, 5.41) is 10.8. The number of hydrogen-bond donors (Lipinski definition) is 0. The second-order valence-corrected chi connectivity index (χ2v) is 7.07. The average molecular weight is 289 g/mol. The second-order valence-electron chi connectivity index (χ2n) is 5.32. The molecular formula is C13H15N5OS. The van der Waals surface area contributed by atoms with E-state index in [0.717, 1.165) is 10.6 Å². The van der Waals surface area contributed by atoms with E-state index in [2.05, 4.69) is 35.4 Å². The van der Waals surface area contributed by atoms with Gasteiger partial charge in [-0.3, -0.25) is 4.79 Å². The van der Waals surface area contributed by atoms with Crippen molar-refractivity contribution in [3.63, 3.8) is 0 Å². The number of amides is 1. The van der Waals surface area contributed by atoms with Crippen molar-refractivity contribution < 1.29 is 4.79 Å². The van der Waals surface area contributed by atoms with Gasteiger partial charge < -0.3 is 4.90 Å². The summed E-state index contributed by atoms with van der Waals surface area (Å²) in [6.45, 7) is 5.12. The Hall–Kier alpha value is -1.89. The van der Waals surface area contributed by atoms with Crippen molar-refractivity contribution in [3.8, 4) is 0 Å². The topological polar surface area (TPSA) is 63.9 Å². The van der Waals surface area contributed by atoms with Crippen LogP contribution in [-0.4, -0.2) is 37.4 Å². The van der Waals surface area contributed by atoms with E-state index in [0.29, 0.717) is 6.54 Å². The first-order valence-corrected chi connectivity index (χ1v) is 7.16. The number of carbonyl (C=O) groups excluding carboxylic acids is 1. The highest BCUT2D eigenvalue weighted by atomic mass is 32.2. The van der Waals surface area contributed by atoms with E-state index < -0.39 is 0 Å². The highest BCUT2D eigenvalue weighted by Crippen LogP contribution is 2.44. The summed E-state index contributed by atoms with van der Waals surface area (Å²) in [5.74, 6) is -0.00174. The van der Waals surface area contributed by atoms with Crippen LogP contribution in [-0.2, 0) is 11.3 Å². The molecule has 0 spiro atoms. The van der Waals surface area contributed by atoms with Crippen LogP contribution in [0.15, 0.2) is 35.5 Å². The van der Waals surface area contributed by atoms with E-state index in [4.69, 9.17) is 0 Å². The molecule has 6 nitrogen and oxygen atoms in total. The molecule has 0 saturated carbocycles. The standard InChI is InChI=1S/C13H15N5OS/c1-13(2)8-18(10-5-3-4-6-11(10)20-13)12(19)7-17-9-14-15-16-17/h3-6,9H,7-8H2,1-2H3. The van der Waals surface area contributed by atoms with Crippen LogP contribution in [0.25, 0.3) is 0 Å². The Balaban J connectivity index is 1.90. The number of carbonyl (C=O) groups is 1. The lowest BCUT2D eigenvalue weighted by Gasteiger charge is -2.38. The number of thioether (sulfide) groups is 1. The van der Waals surface area contributed by atoms with Crippen LogP contribution in [0.2, 0.25) is 0 Å². The molecule has 1 aliphatic heterocycles. The van der Waals surface area contributed by atoms with E-state index in [-0.39, 0.29) is 17.2 Å². The van der Waals surface area contributed by atoms with Gasteiger partial charge in [0, 0.05) is 16.2 Å². The molecule has 0 radical (unpaired) electrons. The third-order valence-corrected chi connectivity index (χ3v) is 4.32. The van der Waals surface area contributed by atoms with Crippen LogP contribution in [0.5, 0.6) is 0 Å². The predicted octanol–water partition coefficient (Wildman–Crippen LogP) is 1.59. The van der Waals surface area contributed by atoms with Crippen LogP contribution in [0.3, 0.4) is 0 Å². The molecule has 0 fully saturated rings. The van der Waals surface area contributed by atoms with Gasteiger partial charge in [-0.15, -0.1) is 16.9 Å². The van der Waals surface area contributed by atoms with E-state index in [1.165, 1.54) is 11.0 Å². The van der Waals surface area contributed by atoms with Gasteiger partial charge in [0.1, 0.15) is 12.9 Å². The molecule has 0 atom stereocenters. The zero-order chi connectivity index (χ0) is 14.2. The van der Waals surface area contributed by atoms with Gasteiger partial charge in [0.15, 0.2) is 0 Å². The van der Waals surface area contributed by atoms with Crippen LogP contribution in [0, 0.1) is 0 Å². The van der Waals surface area contributed by atoms with Crippen LogP contribution in [0.4, 0.5) is 5.69 Å². The molecule has 0 N–H and O–H groups in total. The monoisotopic (exact) mass is 289 g/mol. The summed E-state index contributed by atoms with van der Waals surface area (Å²) < 4.78 is 1.43. The fourth-order valence-electron chi connectivity index (χ4n) is 2.26. The van der Waals surface area contributed by atoms with E-state index in [1.54, 1.807) is 11.8 Å². The van der Waals surface area contributed by atoms with Crippen molar-refractivity contribution in [2.45, 2.75) is 30.0 Å². The zero-order valence-corrected chi connectivity index (χ0v) is 12.2. The fourth-order valence-corrected chi connectivity index (χ4v) is 3.48. The fraction of sp³-hybridized carbons (Fsp3) is 0.385. The van der Waals surface area contributed by atoms with Crippen LogP contribution >= 0.6 is 11.8 Å². The molecule has 0 bridgehead atoms. The van der Waals surface area contributed by atoms with Gasteiger partial charge in [0.2, 0.25) is 5.91 Å². The number of rotatable bonds is 2. The van der Waals surface area contributed by atoms with E-state index in [9.17, 15) is 4.79 Å². The Bertz CT molecular complexity index is 625. The number of anilines is 1. The average Bonchev–Trinajstić information content (AvgIpc) is 2.89. The van der Waals surface area contributed by atoms with Gasteiger partial charge in [-0.1, -0.05) is 12.1 Å². The summed E-state index contributed by atoms with van der Waals surface area (Å²) in [7, 11) is 0. The van der Waals surface area contributed by atoms with Crippen molar-refractivity contribution in [1.29, 1.82) is 0 Å². The first kappa shape index (κ1) is 13.1. The van der Waals surface area contributed by atoms with Crippen LogP contribution in [0.1, 0.15) is 13.8 Å². The molecule has 0 saturated heterocycles. The highest BCUT2D eigenvalue weighted by Gasteiger charge is 2.33. The summed E-state index contributed by atoms with van der Waals surface area (Å²) >= 11 is 1.80.